The van der Waals surface area contributed by atoms with E-state index in [1.54, 1.807) is 26.8 Å². The molecule has 0 aromatic carbocycles. The molecule has 0 aliphatic carbocycles. The van der Waals surface area contributed by atoms with E-state index in [1.807, 2.05) is 11.4 Å². The van der Waals surface area contributed by atoms with Crippen LogP contribution in [0, 0.1) is 5.92 Å². The normalized spacial score (nSPS) is 23.3. The average Bonchev–Trinajstić information content (AvgIpc) is 3.13. The number of ether oxygens (including phenoxy) is 1. The number of carboxylic acid groups (broad SMARTS) is 1. The molecular weight excluding hydrogens is 332 g/mol. The van der Waals surface area contributed by atoms with Crippen molar-refractivity contribution in [3.05, 3.63) is 22.4 Å². The van der Waals surface area contributed by atoms with Gasteiger partial charge < -0.3 is 20.1 Å². The first-order valence-electron chi connectivity index (χ1n) is 7.88. The number of carboxylic acids is 1. The number of esters is 1. The quantitative estimate of drug-likeness (QED) is 0.791. The molecule has 1 fully saturated rings. The smallest absolute Gasteiger partial charge is 0.326 e. The minimum absolute atomic E-state index is 0.0439. The van der Waals surface area contributed by atoms with Gasteiger partial charge in [-0.2, -0.15) is 0 Å². The minimum Gasteiger partial charge on any atom is -0.480 e. The highest BCUT2D eigenvalue weighted by atomic mass is 32.1. The zero-order chi connectivity index (χ0) is 17.9. The largest absolute Gasteiger partial charge is 0.480 e. The second-order valence-electron chi connectivity index (χ2n) is 5.92. The van der Waals surface area contributed by atoms with Crippen molar-refractivity contribution in [1.82, 2.24) is 10.2 Å². The first kappa shape index (κ1) is 18.3. The van der Waals surface area contributed by atoms with E-state index >= 15 is 0 Å². The Kier molecular flexibility index (Phi) is 5.82. The fourth-order valence-electron chi connectivity index (χ4n) is 2.95. The van der Waals surface area contributed by atoms with E-state index in [4.69, 9.17) is 4.74 Å². The van der Waals surface area contributed by atoms with E-state index in [0.717, 1.165) is 4.88 Å². The molecule has 8 heteroatoms. The van der Waals surface area contributed by atoms with Crippen LogP contribution in [0.25, 0.3) is 0 Å². The third-order valence-electron chi connectivity index (χ3n) is 3.85. The summed E-state index contributed by atoms with van der Waals surface area (Å²) in [5.74, 6) is -2.29. The van der Waals surface area contributed by atoms with E-state index in [9.17, 15) is 19.5 Å². The SMILES string of the molecule is CCOC(=O)C1CC(C(=O)O)N(C(=O)NC(C)C)C1c1cccs1. The molecule has 132 valence electrons. The fraction of sp³-hybridized carbons (Fsp3) is 0.562. The molecule has 2 rings (SSSR count). The molecule has 2 N–H and O–H groups in total. The second kappa shape index (κ2) is 7.65. The number of nitrogens with one attached hydrogen (secondary N) is 1. The van der Waals surface area contributed by atoms with Crippen molar-refractivity contribution in [2.45, 2.75) is 45.3 Å². The summed E-state index contributed by atoms with van der Waals surface area (Å²) in [6.07, 6.45) is 0.0439. The Morgan fingerprint density at radius 2 is 2.17 bits per heavy atom. The number of nitrogens with zero attached hydrogens (tertiary/aromatic N) is 1. The molecule has 0 bridgehead atoms. The summed E-state index contributed by atoms with van der Waals surface area (Å²) in [7, 11) is 0. The molecule has 1 saturated heterocycles. The number of likely N-dealkylation sites (tertiary alicyclic amines) is 1. The van der Waals surface area contributed by atoms with Crippen LogP contribution in [-0.2, 0) is 14.3 Å². The molecule has 0 spiro atoms. The topological polar surface area (TPSA) is 95.9 Å². The summed E-state index contributed by atoms with van der Waals surface area (Å²) in [5.41, 5.74) is 0. The van der Waals surface area contributed by atoms with Crippen molar-refractivity contribution in [2.24, 2.45) is 5.92 Å². The predicted octanol–water partition coefficient (Wildman–Crippen LogP) is 2.25. The number of carbonyl (C=O) groups is 3. The number of rotatable bonds is 5. The average molecular weight is 354 g/mol. The molecule has 0 radical (unpaired) electrons. The molecule has 2 heterocycles. The van der Waals surface area contributed by atoms with Gasteiger partial charge in [-0.05, 0) is 38.6 Å². The summed E-state index contributed by atoms with van der Waals surface area (Å²) in [6.45, 7) is 5.51. The Balaban J connectivity index is 2.42. The summed E-state index contributed by atoms with van der Waals surface area (Å²) in [5, 5.41) is 14.1. The second-order valence-corrected chi connectivity index (χ2v) is 6.90. The molecule has 7 nitrogen and oxygen atoms in total. The lowest BCUT2D eigenvalue weighted by Gasteiger charge is -2.30. The molecular formula is C16H22N2O5S. The minimum atomic E-state index is -1.12. The number of carbonyl (C=O) groups excluding carboxylic acids is 2. The lowest BCUT2D eigenvalue weighted by atomic mass is 9.98. The zero-order valence-corrected chi connectivity index (χ0v) is 14.7. The maximum Gasteiger partial charge on any atom is 0.326 e. The predicted molar refractivity (Wildman–Crippen MR) is 88.7 cm³/mol. The van der Waals surface area contributed by atoms with Gasteiger partial charge in [-0.3, -0.25) is 4.79 Å². The van der Waals surface area contributed by atoms with E-state index in [-0.39, 0.29) is 19.1 Å². The van der Waals surface area contributed by atoms with Gasteiger partial charge in [-0.25, -0.2) is 9.59 Å². The highest BCUT2D eigenvalue weighted by molar-refractivity contribution is 7.10. The van der Waals surface area contributed by atoms with Crippen LogP contribution in [-0.4, -0.2) is 46.7 Å². The van der Waals surface area contributed by atoms with Gasteiger partial charge in [-0.15, -0.1) is 11.3 Å². The van der Waals surface area contributed by atoms with Crippen molar-refractivity contribution < 1.29 is 24.2 Å². The maximum atomic E-state index is 12.6. The number of urea groups is 1. The fourth-order valence-corrected chi connectivity index (χ4v) is 3.84. The van der Waals surface area contributed by atoms with Gasteiger partial charge >= 0.3 is 18.0 Å². The Morgan fingerprint density at radius 1 is 1.46 bits per heavy atom. The van der Waals surface area contributed by atoms with E-state index in [0.29, 0.717) is 0 Å². The monoisotopic (exact) mass is 354 g/mol. The van der Waals surface area contributed by atoms with Gasteiger partial charge in [0, 0.05) is 10.9 Å². The molecule has 24 heavy (non-hydrogen) atoms. The molecule has 1 aromatic heterocycles. The van der Waals surface area contributed by atoms with Crippen LogP contribution in [0.2, 0.25) is 0 Å². The van der Waals surface area contributed by atoms with Gasteiger partial charge in [0.1, 0.15) is 6.04 Å². The lowest BCUT2D eigenvalue weighted by Crippen LogP contribution is -2.49. The summed E-state index contributed by atoms with van der Waals surface area (Å²) in [6, 6.07) is 1.30. The van der Waals surface area contributed by atoms with E-state index in [1.165, 1.54) is 16.2 Å². The Morgan fingerprint density at radius 3 is 2.67 bits per heavy atom. The van der Waals surface area contributed by atoms with Crippen LogP contribution < -0.4 is 5.32 Å². The van der Waals surface area contributed by atoms with E-state index in [2.05, 4.69) is 5.32 Å². The maximum absolute atomic E-state index is 12.6. The van der Waals surface area contributed by atoms with Crippen LogP contribution in [0.15, 0.2) is 17.5 Å². The first-order valence-corrected chi connectivity index (χ1v) is 8.76. The molecule has 0 saturated carbocycles. The van der Waals surface area contributed by atoms with Gasteiger partial charge in [0.05, 0.1) is 18.6 Å². The molecule has 3 atom stereocenters. The summed E-state index contributed by atoms with van der Waals surface area (Å²) >= 11 is 1.39. The van der Waals surface area contributed by atoms with Crippen molar-refractivity contribution in [1.29, 1.82) is 0 Å². The first-order chi connectivity index (χ1) is 11.4. The lowest BCUT2D eigenvalue weighted by molar-refractivity contribution is -0.148. The van der Waals surface area contributed by atoms with Crippen LogP contribution in [0.1, 0.15) is 38.1 Å². The van der Waals surface area contributed by atoms with Gasteiger partial charge in [0.2, 0.25) is 0 Å². The van der Waals surface area contributed by atoms with Crippen LogP contribution in [0.5, 0.6) is 0 Å². The van der Waals surface area contributed by atoms with Gasteiger partial charge in [-0.1, -0.05) is 6.07 Å². The molecule has 1 aliphatic heterocycles. The van der Waals surface area contributed by atoms with Crippen LogP contribution >= 0.6 is 11.3 Å². The van der Waals surface area contributed by atoms with Crippen LogP contribution in [0.4, 0.5) is 4.79 Å². The third-order valence-corrected chi connectivity index (χ3v) is 4.79. The van der Waals surface area contributed by atoms with Gasteiger partial charge in [0.25, 0.3) is 0 Å². The number of hydrogen-bond donors (Lipinski definition) is 2. The van der Waals surface area contributed by atoms with Crippen LogP contribution in [0.3, 0.4) is 0 Å². The Labute approximate surface area is 144 Å². The number of aliphatic carboxylic acids is 1. The number of amides is 2. The van der Waals surface area contributed by atoms with Gasteiger partial charge in [0.15, 0.2) is 0 Å². The summed E-state index contributed by atoms with van der Waals surface area (Å²) < 4.78 is 5.11. The molecule has 1 aliphatic rings. The molecule has 3 unspecified atom stereocenters. The Bertz CT molecular complexity index is 602. The van der Waals surface area contributed by atoms with E-state index < -0.39 is 36.0 Å². The van der Waals surface area contributed by atoms with Crippen molar-refractivity contribution >= 4 is 29.3 Å². The summed E-state index contributed by atoms with van der Waals surface area (Å²) in [4.78, 5) is 38.7. The zero-order valence-electron chi connectivity index (χ0n) is 13.9. The van der Waals surface area contributed by atoms with Crippen molar-refractivity contribution in [3.8, 4) is 0 Å². The standard InChI is InChI=1S/C16H22N2O5S/c1-4-23-15(21)10-8-11(14(19)20)18(16(22)17-9(2)3)13(10)12-6-5-7-24-12/h5-7,9-11,13H,4,8H2,1-3H3,(H,17,22)(H,19,20). The highest BCUT2D eigenvalue weighted by Crippen LogP contribution is 2.43. The number of hydrogen-bond acceptors (Lipinski definition) is 5. The third kappa shape index (κ3) is 3.69. The number of thiophene rings is 1. The van der Waals surface area contributed by atoms with Crippen molar-refractivity contribution in [2.75, 3.05) is 6.61 Å². The Hall–Kier alpha value is -2.09. The highest BCUT2D eigenvalue weighted by Gasteiger charge is 2.51. The molecule has 1 aromatic rings. The van der Waals surface area contributed by atoms with Crippen molar-refractivity contribution in [3.63, 3.8) is 0 Å². The molecule has 2 amide bonds.